The van der Waals surface area contributed by atoms with E-state index in [2.05, 4.69) is 37.2 Å². The van der Waals surface area contributed by atoms with Crippen LogP contribution in [-0.4, -0.2) is 5.91 Å². The molecule has 0 saturated carbocycles. The van der Waals surface area contributed by atoms with Gasteiger partial charge in [-0.2, -0.15) is 0 Å². The van der Waals surface area contributed by atoms with Crippen molar-refractivity contribution in [1.82, 2.24) is 5.32 Å². The quantitative estimate of drug-likeness (QED) is 0.759. The van der Waals surface area contributed by atoms with Crippen LogP contribution < -0.4 is 11.1 Å². The van der Waals surface area contributed by atoms with Gasteiger partial charge in [-0.05, 0) is 58.7 Å². The summed E-state index contributed by atoms with van der Waals surface area (Å²) in [5.41, 5.74) is 7.99. The maximum atomic E-state index is 12.2. The van der Waals surface area contributed by atoms with E-state index in [-0.39, 0.29) is 11.9 Å². The summed E-state index contributed by atoms with van der Waals surface area (Å²) in [5.74, 6) is -0.117. The van der Waals surface area contributed by atoms with Crippen molar-refractivity contribution < 1.29 is 4.79 Å². The standard InChI is InChI=1S/C15H14Br2N2O/c1-9(10-2-5-12(18)6-3-10)19-15(20)13-7-4-11(16)8-14(13)17/h2-9H,18H2,1H3,(H,19,20). The molecular weight excluding hydrogens is 384 g/mol. The van der Waals surface area contributed by atoms with Gasteiger partial charge in [-0.3, -0.25) is 4.79 Å². The van der Waals surface area contributed by atoms with Gasteiger partial charge in [0.15, 0.2) is 0 Å². The fraction of sp³-hybridized carbons (Fsp3) is 0.133. The van der Waals surface area contributed by atoms with E-state index in [9.17, 15) is 4.79 Å². The third-order valence-corrected chi connectivity index (χ3v) is 4.11. The summed E-state index contributed by atoms with van der Waals surface area (Å²) in [6, 6.07) is 12.9. The molecular formula is C15H14Br2N2O. The van der Waals surface area contributed by atoms with Crippen LogP contribution >= 0.6 is 31.9 Å². The van der Waals surface area contributed by atoms with Crippen LogP contribution in [0.25, 0.3) is 0 Å². The van der Waals surface area contributed by atoms with Gasteiger partial charge >= 0.3 is 0 Å². The topological polar surface area (TPSA) is 55.1 Å². The highest BCUT2D eigenvalue weighted by atomic mass is 79.9. The van der Waals surface area contributed by atoms with Gasteiger partial charge in [0, 0.05) is 14.6 Å². The number of carbonyl (C=O) groups is 1. The molecule has 0 radical (unpaired) electrons. The number of anilines is 1. The SMILES string of the molecule is CC(NC(=O)c1ccc(Br)cc1Br)c1ccc(N)cc1. The van der Waals surface area contributed by atoms with Gasteiger partial charge in [-0.15, -0.1) is 0 Å². The molecule has 0 fully saturated rings. The molecule has 5 heteroatoms. The molecule has 0 aliphatic rings. The summed E-state index contributed by atoms with van der Waals surface area (Å²) in [6.07, 6.45) is 0. The molecule has 0 heterocycles. The number of halogens is 2. The molecule has 0 bridgehead atoms. The van der Waals surface area contributed by atoms with E-state index in [1.54, 1.807) is 6.07 Å². The Balaban J connectivity index is 2.13. The van der Waals surface area contributed by atoms with E-state index < -0.39 is 0 Å². The minimum Gasteiger partial charge on any atom is -0.399 e. The van der Waals surface area contributed by atoms with Crippen molar-refractivity contribution in [2.75, 3.05) is 5.73 Å². The monoisotopic (exact) mass is 396 g/mol. The zero-order valence-corrected chi connectivity index (χ0v) is 14.0. The Bertz CT molecular complexity index is 626. The first-order valence-electron chi connectivity index (χ1n) is 6.08. The Morgan fingerprint density at radius 3 is 2.40 bits per heavy atom. The fourth-order valence-electron chi connectivity index (χ4n) is 1.82. The number of hydrogen-bond acceptors (Lipinski definition) is 2. The van der Waals surface area contributed by atoms with Crippen molar-refractivity contribution in [1.29, 1.82) is 0 Å². The van der Waals surface area contributed by atoms with Crippen molar-refractivity contribution in [3.8, 4) is 0 Å². The number of carbonyl (C=O) groups excluding carboxylic acids is 1. The molecule has 0 aliphatic carbocycles. The Morgan fingerprint density at radius 2 is 1.80 bits per heavy atom. The lowest BCUT2D eigenvalue weighted by molar-refractivity contribution is 0.0939. The Morgan fingerprint density at radius 1 is 1.15 bits per heavy atom. The first kappa shape index (κ1) is 15.1. The highest BCUT2D eigenvalue weighted by molar-refractivity contribution is 9.11. The average Bonchev–Trinajstić information content (AvgIpc) is 2.39. The van der Waals surface area contributed by atoms with Crippen molar-refractivity contribution in [3.05, 3.63) is 62.5 Å². The van der Waals surface area contributed by atoms with E-state index in [0.29, 0.717) is 11.3 Å². The third kappa shape index (κ3) is 3.61. The van der Waals surface area contributed by atoms with Gasteiger partial charge < -0.3 is 11.1 Å². The summed E-state index contributed by atoms with van der Waals surface area (Å²) < 4.78 is 1.68. The largest absolute Gasteiger partial charge is 0.399 e. The van der Waals surface area contributed by atoms with Crippen LogP contribution in [0.1, 0.15) is 28.9 Å². The second-order valence-corrected chi connectivity index (χ2v) is 6.26. The first-order valence-corrected chi connectivity index (χ1v) is 7.67. The van der Waals surface area contributed by atoms with E-state index >= 15 is 0 Å². The zero-order chi connectivity index (χ0) is 14.7. The average molecular weight is 398 g/mol. The molecule has 1 amide bonds. The summed E-state index contributed by atoms with van der Waals surface area (Å²) in [7, 11) is 0. The molecule has 1 unspecified atom stereocenters. The summed E-state index contributed by atoms with van der Waals surface area (Å²) in [4.78, 5) is 12.2. The van der Waals surface area contributed by atoms with Gasteiger partial charge in [-0.25, -0.2) is 0 Å². The van der Waals surface area contributed by atoms with E-state index in [4.69, 9.17) is 5.73 Å². The van der Waals surface area contributed by atoms with Gasteiger partial charge in [-0.1, -0.05) is 28.1 Å². The summed E-state index contributed by atoms with van der Waals surface area (Å²) >= 11 is 6.76. The number of hydrogen-bond donors (Lipinski definition) is 2. The molecule has 20 heavy (non-hydrogen) atoms. The van der Waals surface area contributed by atoms with Crippen LogP contribution in [0.5, 0.6) is 0 Å². The molecule has 3 nitrogen and oxygen atoms in total. The Labute approximate surface area is 134 Å². The van der Waals surface area contributed by atoms with Crippen LogP contribution in [0.3, 0.4) is 0 Å². The summed E-state index contributed by atoms with van der Waals surface area (Å²) in [5, 5.41) is 2.97. The lowest BCUT2D eigenvalue weighted by Crippen LogP contribution is -2.26. The molecule has 1 atom stereocenters. The number of nitrogens with one attached hydrogen (secondary N) is 1. The highest BCUT2D eigenvalue weighted by Gasteiger charge is 2.14. The van der Waals surface area contributed by atoms with E-state index in [1.807, 2.05) is 43.3 Å². The van der Waals surface area contributed by atoms with Crippen molar-refractivity contribution >= 4 is 43.5 Å². The Hall–Kier alpha value is -1.33. The minimum absolute atomic E-state index is 0.0846. The number of nitrogens with two attached hydrogens (primary N) is 1. The normalized spacial score (nSPS) is 11.9. The maximum Gasteiger partial charge on any atom is 0.252 e. The molecule has 0 aliphatic heterocycles. The highest BCUT2D eigenvalue weighted by Crippen LogP contribution is 2.23. The second kappa shape index (κ2) is 6.41. The fourth-order valence-corrected chi connectivity index (χ4v) is 3.04. The van der Waals surface area contributed by atoms with Crippen LogP contribution in [-0.2, 0) is 0 Å². The molecule has 0 aromatic heterocycles. The number of benzene rings is 2. The molecule has 2 aromatic carbocycles. The van der Waals surface area contributed by atoms with Crippen LogP contribution in [0.15, 0.2) is 51.4 Å². The van der Waals surface area contributed by atoms with E-state index in [1.165, 1.54) is 0 Å². The smallest absolute Gasteiger partial charge is 0.252 e. The van der Waals surface area contributed by atoms with Crippen LogP contribution in [0.2, 0.25) is 0 Å². The predicted octanol–water partition coefficient (Wildman–Crippen LogP) is 4.28. The number of amides is 1. The summed E-state index contributed by atoms with van der Waals surface area (Å²) in [6.45, 7) is 1.94. The van der Waals surface area contributed by atoms with Crippen molar-refractivity contribution in [2.45, 2.75) is 13.0 Å². The molecule has 0 spiro atoms. The second-order valence-electron chi connectivity index (χ2n) is 4.49. The van der Waals surface area contributed by atoms with Gasteiger partial charge in [0.05, 0.1) is 11.6 Å². The molecule has 2 aromatic rings. The third-order valence-electron chi connectivity index (χ3n) is 2.96. The van der Waals surface area contributed by atoms with E-state index in [0.717, 1.165) is 14.5 Å². The van der Waals surface area contributed by atoms with Crippen molar-refractivity contribution in [2.24, 2.45) is 0 Å². The molecule has 3 N–H and O–H groups in total. The Kier molecular flexibility index (Phi) is 4.83. The first-order chi connectivity index (χ1) is 9.47. The molecule has 104 valence electrons. The molecule has 0 saturated heterocycles. The minimum atomic E-state index is -0.117. The van der Waals surface area contributed by atoms with Crippen LogP contribution in [0.4, 0.5) is 5.69 Å². The maximum absolute atomic E-state index is 12.2. The van der Waals surface area contributed by atoms with Gasteiger partial charge in [0.25, 0.3) is 5.91 Å². The predicted molar refractivity (Wildman–Crippen MR) is 88.6 cm³/mol. The molecule has 2 rings (SSSR count). The van der Waals surface area contributed by atoms with Crippen LogP contribution in [0, 0.1) is 0 Å². The zero-order valence-electron chi connectivity index (χ0n) is 10.9. The number of nitrogen functional groups attached to an aromatic ring is 1. The van der Waals surface area contributed by atoms with Gasteiger partial charge in [0.1, 0.15) is 0 Å². The van der Waals surface area contributed by atoms with Crippen molar-refractivity contribution in [3.63, 3.8) is 0 Å². The lowest BCUT2D eigenvalue weighted by atomic mass is 10.1. The van der Waals surface area contributed by atoms with Gasteiger partial charge in [0.2, 0.25) is 0 Å². The lowest BCUT2D eigenvalue weighted by Gasteiger charge is -2.15. The number of rotatable bonds is 3.